The Hall–Kier alpha value is -2.78. The van der Waals surface area contributed by atoms with Crippen molar-refractivity contribution in [2.75, 3.05) is 0 Å². The first kappa shape index (κ1) is 14.2. The second-order valence-corrected chi connectivity index (χ2v) is 5.83. The van der Waals surface area contributed by atoms with Crippen LogP contribution < -0.4 is 0 Å². The van der Waals surface area contributed by atoms with E-state index in [1.807, 2.05) is 30.3 Å². The molecule has 2 aromatic heterocycles. The Balaban J connectivity index is 1.85. The zero-order valence-electron chi connectivity index (χ0n) is 11.8. The first-order valence-corrected chi connectivity index (χ1v) is 7.44. The van der Waals surface area contributed by atoms with Crippen LogP contribution in [0.2, 0.25) is 0 Å². The number of fused-ring (bicyclic) bond motifs is 1. The maximum absolute atomic E-state index is 12.3. The SMILES string of the molecule is Cn1cc(/C=C/C(=O)[C@H](C#N)c2nc3ccccc3s2)cn1. The molecule has 0 bridgehead atoms. The number of aromatic nitrogens is 3. The Morgan fingerprint density at radius 1 is 1.45 bits per heavy atom. The van der Waals surface area contributed by atoms with E-state index >= 15 is 0 Å². The van der Waals surface area contributed by atoms with Crippen LogP contribution in [0, 0.1) is 11.3 Å². The quantitative estimate of drug-likeness (QED) is 0.695. The lowest BCUT2D eigenvalue weighted by molar-refractivity contribution is -0.114. The van der Waals surface area contributed by atoms with Crippen molar-refractivity contribution >= 4 is 33.4 Å². The van der Waals surface area contributed by atoms with Gasteiger partial charge in [0.05, 0.1) is 22.5 Å². The van der Waals surface area contributed by atoms with Gasteiger partial charge < -0.3 is 0 Å². The van der Waals surface area contributed by atoms with Crippen LogP contribution >= 0.6 is 11.3 Å². The van der Waals surface area contributed by atoms with E-state index in [-0.39, 0.29) is 5.78 Å². The molecule has 1 atom stereocenters. The molecule has 0 amide bonds. The second kappa shape index (κ2) is 5.92. The van der Waals surface area contributed by atoms with Gasteiger partial charge in [0.25, 0.3) is 0 Å². The summed E-state index contributed by atoms with van der Waals surface area (Å²) in [5.41, 5.74) is 1.63. The van der Waals surface area contributed by atoms with Crippen molar-refractivity contribution in [3.05, 3.63) is 53.3 Å². The summed E-state index contributed by atoms with van der Waals surface area (Å²) in [4.78, 5) is 16.7. The molecule has 0 saturated heterocycles. The van der Waals surface area contributed by atoms with Crippen molar-refractivity contribution in [3.63, 3.8) is 0 Å². The highest BCUT2D eigenvalue weighted by atomic mass is 32.1. The fourth-order valence-corrected chi connectivity index (χ4v) is 3.08. The summed E-state index contributed by atoms with van der Waals surface area (Å²) < 4.78 is 2.63. The molecule has 0 fully saturated rings. The molecule has 0 unspecified atom stereocenters. The van der Waals surface area contributed by atoms with Crippen LogP contribution in [0.25, 0.3) is 16.3 Å². The van der Waals surface area contributed by atoms with Crippen molar-refractivity contribution in [3.8, 4) is 6.07 Å². The molecular formula is C16H12N4OS. The van der Waals surface area contributed by atoms with E-state index in [9.17, 15) is 10.1 Å². The van der Waals surface area contributed by atoms with E-state index in [0.717, 1.165) is 15.8 Å². The minimum Gasteiger partial charge on any atom is -0.293 e. The van der Waals surface area contributed by atoms with Crippen LogP contribution in [-0.2, 0) is 11.8 Å². The van der Waals surface area contributed by atoms with E-state index in [1.165, 1.54) is 17.4 Å². The van der Waals surface area contributed by atoms with Gasteiger partial charge in [-0.25, -0.2) is 4.98 Å². The monoisotopic (exact) mass is 308 g/mol. The van der Waals surface area contributed by atoms with Crippen LogP contribution in [0.3, 0.4) is 0 Å². The summed E-state index contributed by atoms with van der Waals surface area (Å²) in [7, 11) is 1.80. The minimum atomic E-state index is -0.870. The minimum absolute atomic E-state index is 0.273. The van der Waals surface area contributed by atoms with E-state index in [2.05, 4.69) is 10.1 Å². The third-order valence-electron chi connectivity index (χ3n) is 3.14. The molecule has 0 aliphatic carbocycles. The molecule has 0 saturated carbocycles. The van der Waals surface area contributed by atoms with Crippen LogP contribution in [-0.4, -0.2) is 20.5 Å². The number of aryl methyl sites for hydroxylation is 1. The number of nitrogens with zero attached hydrogens (tertiary/aromatic N) is 4. The molecule has 5 nitrogen and oxygen atoms in total. The molecule has 6 heteroatoms. The van der Waals surface area contributed by atoms with Crippen LogP contribution in [0.1, 0.15) is 16.5 Å². The van der Waals surface area contributed by atoms with Gasteiger partial charge in [-0.05, 0) is 24.3 Å². The lowest BCUT2D eigenvalue weighted by Crippen LogP contribution is -2.07. The topological polar surface area (TPSA) is 71.6 Å². The third kappa shape index (κ3) is 2.80. The Morgan fingerprint density at radius 3 is 2.95 bits per heavy atom. The van der Waals surface area contributed by atoms with Crippen LogP contribution in [0.4, 0.5) is 0 Å². The Kier molecular flexibility index (Phi) is 3.81. The van der Waals surface area contributed by atoms with Gasteiger partial charge in [-0.3, -0.25) is 9.48 Å². The van der Waals surface area contributed by atoms with E-state index in [1.54, 1.807) is 30.2 Å². The zero-order chi connectivity index (χ0) is 15.5. The standard InChI is InChI=1S/C16H12N4OS/c1-20-10-11(9-18-20)6-7-14(21)12(8-17)16-19-13-4-2-3-5-15(13)22-16/h2-7,9-10,12H,1H3/b7-6+/t12-/m0/s1. The molecule has 1 aromatic carbocycles. The molecule has 3 rings (SSSR count). The number of rotatable bonds is 4. The Morgan fingerprint density at radius 2 is 2.27 bits per heavy atom. The first-order chi connectivity index (χ1) is 10.7. The number of nitriles is 1. The van der Waals surface area contributed by atoms with Crippen molar-refractivity contribution in [1.29, 1.82) is 5.26 Å². The second-order valence-electron chi connectivity index (χ2n) is 4.76. The van der Waals surface area contributed by atoms with Crippen molar-refractivity contribution < 1.29 is 4.79 Å². The molecule has 2 heterocycles. The number of ketones is 1. The normalized spacial score (nSPS) is 12.5. The Bertz CT molecular complexity index is 867. The van der Waals surface area contributed by atoms with Gasteiger partial charge in [0.1, 0.15) is 5.01 Å². The largest absolute Gasteiger partial charge is 0.293 e. The lowest BCUT2D eigenvalue weighted by atomic mass is 10.1. The Labute approximate surface area is 131 Å². The third-order valence-corrected chi connectivity index (χ3v) is 4.24. The smallest absolute Gasteiger partial charge is 0.179 e. The molecule has 0 aliphatic heterocycles. The van der Waals surface area contributed by atoms with Crippen LogP contribution in [0.15, 0.2) is 42.7 Å². The summed E-state index contributed by atoms with van der Waals surface area (Å²) >= 11 is 1.38. The van der Waals surface area contributed by atoms with Gasteiger partial charge >= 0.3 is 0 Å². The predicted octanol–water partition coefficient (Wildman–Crippen LogP) is 2.92. The lowest BCUT2D eigenvalue weighted by Gasteiger charge is -1.99. The zero-order valence-corrected chi connectivity index (χ0v) is 12.6. The highest BCUT2D eigenvalue weighted by Gasteiger charge is 2.21. The molecule has 0 aliphatic rings. The maximum atomic E-state index is 12.3. The number of carbonyl (C=O) groups excluding carboxylic acids is 1. The molecule has 22 heavy (non-hydrogen) atoms. The van der Waals surface area contributed by atoms with E-state index in [0.29, 0.717) is 5.01 Å². The van der Waals surface area contributed by atoms with Gasteiger partial charge in [-0.15, -0.1) is 11.3 Å². The average Bonchev–Trinajstić information content (AvgIpc) is 3.11. The summed E-state index contributed by atoms with van der Waals surface area (Å²) in [6.07, 6.45) is 6.52. The fourth-order valence-electron chi connectivity index (χ4n) is 2.05. The summed E-state index contributed by atoms with van der Waals surface area (Å²) in [6, 6.07) is 9.65. The van der Waals surface area contributed by atoms with Crippen molar-refractivity contribution in [1.82, 2.24) is 14.8 Å². The van der Waals surface area contributed by atoms with Gasteiger partial charge in [-0.1, -0.05) is 12.1 Å². The van der Waals surface area contributed by atoms with Gasteiger partial charge in [0.2, 0.25) is 0 Å². The molecular weight excluding hydrogens is 296 g/mol. The van der Waals surface area contributed by atoms with Gasteiger partial charge in [0, 0.05) is 18.8 Å². The molecule has 0 N–H and O–H groups in total. The molecule has 108 valence electrons. The fraction of sp³-hybridized carbons (Fsp3) is 0.125. The maximum Gasteiger partial charge on any atom is 0.179 e. The summed E-state index contributed by atoms with van der Waals surface area (Å²) in [5, 5.41) is 13.9. The highest BCUT2D eigenvalue weighted by Crippen LogP contribution is 2.28. The number of para-hydroxylation sites is 1. The van der Waals surface area contributed by atoms with Gasteiger partial charge in [0.15, 0.2) is 11.7 Å². The number of hydrogen-bond donors (Lipinski definition) is 0. The predicted molar refractivity (Wildman–Crippen MR) is 85.2 cm³/mol. The van der Waals surface area contributed by atoms with Crippen LogP contribution in [0.5, 0.6) is 0 Å². The number of benzene rings is 1. The first-order valence-electron chi connectivity index (χ1n) is 6.63. The molecule has 3 aromatic rings. The molecule has 0 spiro atoms. The van der Waals surface area contributed by atoms with E-state index in [4.69, 9.17) is 0 Å². The number of hydrogen-bond acceptors (Lipinski definition) is 5. The van der Waals surface area contributed by atoms with Gasteiger partial charge in [-0.2, -0.15) is 10.4 Å². The number of carbonyl (C=O) groups is 1. The van der Waals surface area contributed by atoms with Crippen molar-refractivity contribution in [2.24, 2.45) is 7.05 Å². The molecule has 0 radical (unpaired) electrons. The summed E-state index contributed by atoms with van der Waals surface area (Å²) in [6.45, 7) is 0. The number of allylic oxidation sites excluding steroid dienone is 1. The van der Waals surface area contributed by atoms with Crippen molar-refractivity contribution in [2.45, 2.75) is 5.92 Å². The van der Waals surface area contributed by atoms with E-state index < -0.39 is 5.92 Å². The highest BCUT2D eigenvalue weighted by molar-refractivity contribution is 7.18. The summed E-state index contributed by atoms with van der Waals surface area (Å²) in [5.74, 6) is -1.14. The average molecular weight is 308 g/mol. The number of thiazole rings is 1.